The fraction of sp³-hybridized carbons (Fsp3) is 0.500. The van der Waals surface area contributed by atoms with Crippen LogP contribution in [0.2, 0.25) is 0 Å². The third-order valence-electron chi connectivity index (χ3n) is 4.13. The molecule has 1 aliphatic heterocycles. The van der Waals surface area contributed by atoms with E-state index in [0.29, 0.717) is 24.4 Å². The molecule has 0 unspecified atom stereocenters. The lowest BCUT2D eigenvalue weighted by Gasteiger charge is -2.37. The molecule has 0 spiro atoms. The predicted octanol–water partition coefficient (Wildman–Crippen LogP) is 0.923. The fourth-order valence-electron chi connectivity index (χ4n) is 2.89. The minimum Gasteiger partial charge on any atom is -0.384 e. The Morgan fingerprint density at radius 2 is 2.09 bits per heavy atom. The van der Waals surface area contributed by atoms with Gasteiger partial charge in [0.15, 0.2) is 0 Å². The lowest BCUT2D eigenvalue weighted by Crippen LogP contribution is -2.47. The van der Waals surface area contributed by atoms with Crippen molar-refractivity contribution in [2.24, 2.45) is 11.1 Å². The Balaban J connectivity index is 1.99. The van der Waals surface area contributed by atoms with E-state index < -0.39 is 6.03 Å². The smallest absolute Gasteiger partial charge is 0.316 e. The van der Waals surface area contributed by atoms with Gasteiger partial charge in [-0.3, -0.25) is 4.79 Å². The van der Waals surface area contributed by atoms with Gasteiger partial charge >= 0.3 is 6.03 Å². The number of ether oxygens (including phenoxy) is 1. The summed E-state index contributed by atoms with van der Waals surface area (Å²) in [6.45, 7) is 3.04. The Morgan fingerprint density at radius 3 is 2.74 bits per heavy atom. The molecule has 1 aromatic rings. The molecule has 0 bridgehead atoms. The van der Waals surface area contributed by atoms with Crippen LogP contribution in [0.4, 0.5) is 10.5 Å². The molecule has 2 rings (SSSR count). The maximum absolute atomic E-state index is 12.4. The van der Waals surface area contributed by atoms with Crippen molar-refractivity contribution in [2.75, 3.05) is 38.7 Å². The minimum atomic E-state index is -0.656. The molecule has 5 N–H and O–H groups in total. The van der Waals surface area contributed by atoms with E-state index in [9.17, 15) is 9.59 Å². The number of carbonyl (C=O) groups excluding carboxylic acids is 2. The van der Waals surface area contributed by atoms with E-state index in [-0.39, 0.29) is 11.3 Å². The molecule has 7 heteroatoms. The SMILES string of the molecule is COCC1(CNC(=O)c2cccc(NC(N)=O)c2)CCNCC1. The normalized spacial score (nSPS) is 16.6. The number of methoxy groups -OCH3 is 1. The minimum absolute atomic E-state index is 0.0290. The number of anilines is 1. The lowest BCUT2D eigenvalue weighted by molar-refractivity contribution is 0.0512. The van der Waals surface area contributed by atoms with Gasteiger partial charge in [-0.25, -0.2) is 4.79 Å². The van der Waals surface area contributed by atoms with Crippen LogP contribution in [-0.4, -0.2) is 45.3 Å². The Labute approximate surface area is 136 Å². The number of nitrogens with two attached hydrogens (primary N) is 1. The highest BCUT2D eigenvalue weighted by Gasteiger charge is 2.32. The van der Waals surface area contributed by atoms with Crippen molar-refractivity contribution in [3.05, 3.63) is 29.8 Å². The number of carbonyl (C=O) groups is 2. The highest BCUT2D eigenvalue weighted by molar-refractivity contribution is 5.96. The van der Waals surface area contributed by atoms with E-state index in [1.807, 2.05) is 0 Å². The Morgan fingerprint density at radius 1 is 1.35 bits per heavy atom. The lowest BCUT2D eigenvalue weighted by atomic mass is 9.79. The van der Waals surface area contributed by atoms with Gasteiger partial charge in [0.1, 0.15) is 0 Å². The molecule has 1 aliphatic rings. The van der Waals surface area contributed by atoms with Gasteiger partial charge in [0.05, 0.1) is 6.61 Å². The Kier molecular flexibility index (Phi) is 5.95. The third-order valence-corrected chi connectivity index (χ3v) is 4.13. The van der Waals surface area contributed by atoms with Gasteiger partial charge in [-0.2, -0.15) is 0 Å². The topological polar surface area (TPSA) is 105 Å². The molecule has 0 saturated carbocycles. The van der Waals surface area contributed by atoms with Crippen LogP contribution < -0.4 is 21.7 Å². The molecule has 0 radical (unpaired) electrons. The first-order valence-electron chi connectivity index (χ1n) is 7.69. The largest absolute Gasteiger partial charge is 0.384 e. The fourth-order valence-corrected chi connectivity index (χ4v) is 2.89. The van der Waals surface area contributed by atoms with Crippen LogP contribution in [-0.2, 0) is 4.74 Å². The summed E-state index contributed by atoms with van der Waals surface area (Å²) in [5.74, 6) is -0.174. The van der Waals surface area contributed by atoms with Gasteiger partial charge < -0.3 is 26.4 Å². The predicted molar refractivity (Wildman–Crippen MR) is 88.4 cm³/mol. The van der Waals surface area contributed by atoms with Gasteiger partial charge in [0.2, 0.25) is 0 Å². The van der Waals surface area contributed by atoms with Crippen LogP contribution in [0, 0.1) is 5.41 Å². The number of amides is 3. The second-order valence-corrected chi connectivity index (χ2v) is 5.94. The summed E-state index contributed by atoms with van der Waals surface area (Å²) >= 11 is 0. The molecular formula is C16H24N4O3. The molecule has 3 amide bonds. The van der Waals surface area contributed by atoms with E-state index in [1.165, 1.54) is 0 Å². The molecule has 126 valence electrons. The number of rotatable bonds is 6. The second-order valence-electron chi connectivity index (χ2n) is 5.94. The van der Waals surface area contributed by atoms with Crippen molar-refractivity contribution in [2.45, 2.75) is 12.8 Å². The number of piperidine rings is 1. The van der Waals surface area contributed by atoms with Crippen molar-refractivity contribution in [1.29, 1.82) is 0 Å². The average Bonchev–Trinajstić information content (AvgIpc) is 2.53. The second kappa shape index (κ2) is 7.94. The van der Waals surface area contributed by atoms with Crippen molar-refractivity contribution in [3.63, 3.8) is 0 Å². The molecule has 0 atom stereocenters. The van der Waals surface area contributed by atoms with Crippen LogP contribution in [0.3, 0.4) is 0 Å². The van der Waals surface area contributed by atoms with Crippen molar-refractivity contribution >= 4 is 17.6 Å². The average molecular weight is 320 g/mol. The van der Waals surface area contributed by atoms with Gasteiger partial charge in [-0.15, -0.1) is 0 Å². The van der Waals surface area contributed by atoms with Crippen LogP contribution >= 0.6 is 0 Å². The summed E-state index contributed by atoms with van der Waals surface area (Å²) in [5.41, 5.74) is 6.04. The van der Waals surface area contributed by atoms with E-state index in [2.05, 4.69) is 16.0 Å². The van der Waals surface area contributed by atoms with Crippen LogP contribution in [0.25, 0.3) is 0 Å². The van der Waals surface area contributed by atoms with Gasteiger partial charge in [-0.05, 0) is 44.1 Å². The van der Waals surface area contributed by atoms with E-state index >= 15 is 0 Å². The highest BCUT2D eigenvalue weighted by atomic mass is 16.5. The zero-order chi connectivity index (χ0) is 16.7. The summed E-state index contributed by atoms with van der Waals surface area (Å²) in [4.78, 5) is 23.2. The number of nitrogens with one attached hydrogen (secondary N) is 3. The standard InChI is InChI=1S/C16H24N4O3/c1-23-11-16(5-7-18-8-6-16)10-19-14(21)12-3-2-4-13(9-12)20-15(17)22/h2-4,9,18H,5-8,10-11H2,1H3,(H,19,21)(H3,17,20,22). The van der Waals surface area contributed by atoms with Gasteiger partial charge in [0, 0.05) is 30.3 Å². The zero-order valence-electron chi connectivity index (χ0n) is 13.4. The van der Waals surface area contributed by atoms with Crippen LogP contribution in [0.15, 0.2) is 24.3 Å². The number of benzene rings is 1. The van der Waals surface area contributed by atoms with Gasteiger partial charge in [-0.1, -0.05) is 6.07 Å². The molecule has 1 saturated heterocycles. The van der Waals surface area contributed by atoms with E-state index in [0.717, 1.165) is 25.9 Å². The Bertz CT molecular complexity index is 551. The van der Waals surface area contributed by atoms with Crippen molar-refractivity contribution in [1.82, 2.24) is 10.6 Å². The first kappa shape index (κ1) is 17.2. The molecule has 23 heavy (non-hydrogen) atoms. The summed E-state index contributed by atoms with van der Waals surface area (Å²) in [6, 6.07) is 6.03. The molecule has 1 fully saturated rings. The van der Waals surface area contributed by atoms with Crippen LogP contribution in [0.5, 0.6) is 0 Å². The van der Waals surface area contributed by atoms with Crippen LogP contribution in [0.1, 0.15) is 23.2 Å². The molecule has 1 aromatic carbocycles. The van der Waals surface area contributed by atoms with E-state index in [4.69, 9.17) is 10.5 Å². The quantitative estimate of drug-likeness (QED) is 0.625. The van der Waals surface area contributed by atoms with Gasteiger partial charge in [0.25, 0.3) is 5.91 Å². The first-order chi connectivity index (χ1) is 11.0. The molecule has 0 aliphatic carbocycles. The number of urea groups is 1. The zero-order valence-corrected chi connectivity index (χ0v) is 13.4. The maximum Gasteiger partial charge on any atom is 0.316 e. The first-order valence-corrected chi connectivity index (χ1v) is 7.69. The summed E-state index contributed by atoms with van der Waals surface area (Å²) in [7, 11) is 1.69. The number of hydrogen-bond acceptors (Lipinski definition) is 4. The third kappa shape index (κ3) is 4.94. The highest BCUT2D eigenvalue weighted by Crippen LogP contribution is 2.28. The monoisotopic (exact) mass is 320 g/mol. The Hall–Kier alpha value is -2.12. The van der Waals surface area contributed by atoms with E-state index in [1.54, 1.807) is 31.4 Å². The maximum atomic E-state index is 12.4. The summed E-state index contributed by atoms with van der Waals surface area (Å²) in [5, 5.41) is 8.77. The summed E-state index contributed by atoms with van der Waals surface area (Å²) < 4.78 is 5.35. The molecule has 0 aromatic heterocycles. The molecule has 1 heterocycles. The summed E-state index contributed by atoms with van der Waals surface area (Å²) in [6.07, 6.45) is 1.93. The number of primary amides is 1. The van der Waals surface area contributed by atoms with Crippen molar-refractivity contribution in [3.8, 4) is 0 Å². The molecular weight excluding hydrogens is 296 g/mol. The molecule has 7 nitrogen and oxygen atoms in total. The number of hydrogen-bond donors (Lipinski definition) is 4. The van der Waals surface area contributed by atoms with Crippen molar-refractivity contribution < 1.29 is 14.3 Å².